The Morgan fingerprint density at radius 1 is 1.20 bits per heavy atom. The van der Waals surface area contributed by atoms with Crippen molar-refractivity contribution in [3.8, 4) is 5.75 Å². The predicted molar refractivity (Wildman–Crippen MR) is 114 cm³/mol. The first-order valence-corrected chi connectivity index (χ1v) is 10.5. The van der Waals surface area contributed by atoms with Crippen LogP contribution in [0, 0.1) is 5.82 Å². The SMILES string of the molecule is CCCc1nnc2n1N[C@H](c1ccc(F)cc1)[C@H](C(=O)Nc1ccc(OC)cc1)S2. The first-order valence-electron chi connectivity index (χ1n) is 9.67. The van der Waals surface area contributed by atoms with Gasteiger partial charge in [-0.3, -0.25) is 4.79 Å². The minimum absolute atomic E-state index is 0.182. The molecule has 0 bridgehead atoms. The maximum absolute atomic E-state index is 13.5. The molecule has 0 saturated heterocycles. The standard InChI is InChI=1S/C21H22FN5O2S/c1-3-4-17-24-25-21-27(17)26-18(13-5-7-14(22)8-6-13)19(30-21)20(28)23-15-9-11-16(29-2)12-10-15/h5-12,18-19,26H,3-4H2,1-2H3,(H,23,28)/t18-,19-/m1/s1. The van der Waals surface area contributed by atoms with E-state index < -0.39 is 5.25 Å². The van der Waals surface area contributed by atoms with Crippen LogP contribution in [0.1, 0.15) is 30.8 Å². The molecule has 2 aromatic carbocycles. The van der Waals surface area contributed by atoms with Crippen molar-refractivity contribution < 1.29 is 13.9 Å². The average molecular weight is 428 g/mol. The Balaban J connectivity index is 1.63. The third-order valence-electron chi connectivity index (χ3n) is 4.82. The Hall–Kier alpha value is -3.07. The van der Waals surface area contributed by atoms with E-state index in [9.17, 15) is 9.18 Å². The zero-order valence-electron chi connectivity index (χ0n) is 16.6. The molecule has 9 heteroatoms. The number of halogens is 1. The Morgan fingerprint density at radius 3 is 2.60 bits per heavy atom. The molecular weight excluding hydrogens is 405 g/mol. The van der Waals surface area contributed by atoms with Gasteiger partial charge in [-0.1, -0.05) is 30.8 Å². The van der Waals surface area contributed by atoms with E-state index in [1.54, 1.807) is 43.5 Å². The van der Waals surface area contributed by atoms with E-state index in [0.717, 1.165) is 24.2 Å². The second kappa shape index (κ2) is 8.74. The van der Waals surface area contributed by atoms with Gasteiger partial charge < -0.3 is 15.5 Å². The van der Waals surface area contributed by atoms with E-state index in [-0.39, 0.29) is 17.8 Å². The fourth-order valence-electron chi connectivity index (χ4n) is 3.29. The van der Waals surface area contributed by atoms with E-state index in [1.165, 1.54) is 23.9 Å². The number of ether oxygens (including phenoxy) is 1. The second-order valence-corrected chi connectivity index (χ2v) is 8.01. The number of nitrogens with zero attached hydrogens (tertiary/aromatic N) is 3. The smallest absolute Gasteiger partial charge is 0.240 e. The van der Waals surface area contributed by atoms with Crippen LogP contribution in [0.4, 0.5) is 10.1 Å². The normalized spacial score (nSPS) is 17.7. The van der Waals surface area contributed by atoms with Gasteiger partial charge in [0.25, 0.3) is 0 Å². The van der Waals surface area contributed by atoms with Gasteiger partial charge in [0, 0.05) is 12.1 Å². The maximum atomic E-state index is 13.5. The number of aromatic nitrogens is 3. The first-order chi connectivity index (χ1) is 14.6. The third-order valence-corrected chi connectivity index (χ3v) is 6.04. The van der Waals surface area contributed by atoms with Crippen LogP contribution in [-0.4, -0.2) is 33.1 Å². The summed E-state index contributed by atoms with van der Waals surface area (Å²) in [6, 6.07) is 12.9. The number of anilines is 1. The van der Waals surface area contributed by atoms with E-state index in [1.807, 2.05) is 4.68 Å². The lowest BCUT2D eigenvalue weighted by atomic mass is 10.0. The highest BCUT2D eigenvalue weighted by Crippen LogP contribution is 2.37. The topological polar surface area (TPSA) is 81.1 Å². The number of hydrogen-bond donors (Lipinski definition) is 2. The molecule has 30 heavy (non-hydrogen) atoms. The van der Waals surface area contributed by atoms with Gasteiger partial charge in [0.15, 0.2) is 5.82 Å². The number of methoxy groups -OCH3 is 1. The quantitative estimate of drug-likeness (QED) is 0.623. The number of amides is 1. The summed E-state index contributed by atoms with van der Waals surface area (Å²) >= 11 is 1.34. The lowest BCUT2D eigenvalue weighted by Gasteiger charge is -2.33. The van der Waals surface area contributed by atoms with Crippen molar-refractivity contribution in [3.05, 3.63) is 65.7 Å². The van der Waals surface area contributed by atoms with Crippen LogP contribution >= 0.6 is 11.8 Å². The number of hydrogen-bond acceptors (Lipinski definition) is 6. The highest BCUT2D eigenvalue weighted by molar-refractivity contribution is 8.00. The monoisotopic (exact) mass is 427 g/mol. The van der Waals surface area contributed by atoms with E-state index in [2.05, 4.69) is 27.9 Å². The summed E-state index contributed by atoms with van der Waals surface area (Å²) < 4.78 is 20.5. The molecule has 0 aliphatic carbocycles. The number of thioether (sulfide) groups is 1. The van der Waals surface area contributed by atoms with Crippen molar-refractivity contribution in [2.75, 3.05) is 17.9 Å². The molecule has 2 N–H and O–H groups in total. The Kier molecular flexibility index (Phi) is 5.89. The Bertz CT molecular complexity index is 1020. The van der Waals surface area contributed by atoms with Crippen molar-refractivity contribution in [3.63, 3.8) is 0 Å². The van der Waals surface area contributed by atoms with Crippen molar-refractivity contribution in [1.82, 2.24) is 14.9 Å². The summed E-state index contributed by atoms with van der Waals surface area (Å²) in [5.74, 6) is 1.01. The second-order valence-electron chi connectivity index (χ2n) is 6.90. The highest BCUT2D eigenvalue weighted by atomic mass is 32.2. The zero-order valence-corrected chi connectivity index (χ0v) is 17.4. The van der Waals surface area contributed by atoms with Crippen molar-refractivity contribution in [2.24, 2.45) is 0 Å². The van der Waals surface area contributed by atoms with Gasteiger partial charge in [0.05, 0.1) is 13.2 Å². The van der Waals surface area contributed by atoms with Gasteiger partial charge in [-0.05, 0) is 48.4 Å². The van der Waals surface area contributed by atoms with Crippen LogP contribution < -0.4 is 15.5 Å². The molecule has 0 fully saturated rings. The van der Waals surface area contributed by atoms with Crippen LogP contribution in [0.3, 0.4) is 0 Å². The third kappa shape index (κ3) is 4.11. The number of aryl methyl sites for hydroxylation is 1. The lowest BCUT2D eigenvalue weighted by Crippen LogP contribution is -2.41. The Morgan fingerprint density at radius 2 is 1.93 bits per heavy atom. The van der Waals surface area contributed by atoms with Gasteiger partial charge >= 0.3 is 0 Å². The summed E-state index contributed by atoms with van der Waals surface area (Å²) in [6.07, 6.45) is 1.69. The van der Waals surface area contributed by atoms with Gasteiger partial charge in [0.2, 0.25) is 11.1 Å². The van der Waals surface area contributed by atoms with E-state index in [4.69, 9.17) is 4.74 Å². The summed E-state index contributed by atoms with van der Waals surface area (Å²) in [6.45, 7) is 2.07. The maximum Gasteiger partial charge on any atom is 0.240 e. The molecule has 4 rings (SSSR count). The number of rotatable bonds is 6. The molecule has 2 heterocycles. The fourth-order valence-corrected chi connectivity index (χ4v) is 4.39. The van der Waals surface area contributed by atoms with Crippen LogP contribution in [0.25, 0.3) is 0 Å². The zero-order chi connectivity index (χ0) is 21.1. The van der Waals surface area contributed by atoms with Crippen LogP contribution in [0.2, 0.25) is 0 Å². The van der Waals surface area contributed by atoms with E-state index in [0.29, 0.717) is 16.6 Å². The van der Waals surface area contributed by atoms with Crippen molar-refractivity contribution in [1.29, 1.82) is 0 Å². The van der Waals surface area contributed by atoms with Gasteiger partial charge in [0.1, 0.15) is 16.8 Å². The summed E-state index contributed by atoms with van der Waals surface area (Å²) in [5.41, 5.74) is 4.84. The van der Waals surface area contributed by atoms with Gasteiger partial charge in [-0.2, -0.15) is 0 Å². The molecule has 1 aliphatic heterocycles. The molecule has 1 amide bonds. The highest BCUT2D eigenvalue weighted by Gasteiger charge is 2.37. The van der Waals surface area contributed by atoms with Crippen LogP contribution in [0.5, 0.6) is 5.75 Å². The molecule has 0 spiro atoms. The van der Waals surface area contributed by atoms with Gasteiger partial charge in [-0.25, -0.2) is 9.07 Å². The minimum Gasteiger partial charge on any atom is -0.497 e. The van der Waals surface area contributed by atoms with Crippen molar-refractivity contribution in [2.45, 2.75) is 36.2 Å². The summed E-state index contributed by atoms with van der Waals surface area (Å²) in [5, 5.41) is 11.5. The molecule has 0 saturated carbocycles. The molecule has 2 atom stereocenters. The number of fused-ring (bicyclic) bond motifs is 1. The number of carbonyl (C=O) groups excluding carboxylic acids is 1. The van der Waals surface area contributed by atoms with Crippen molar-refractivity contribution >= 4 is 23.4 Å². The van der Waals surface area contributed by atoms with E-state index >= 15 is 0 Å². The first kappa shape index (κ1) is 20.2. The van der Waals surface area contributed by atoms with Gasteiger partial charge in [-0.15, -0.1) is 10.2 Å². The average Bonchev–Trinajstić information content (AvgIpc) is 3.16. The predicted octanol–water partition coefficient (Wildman–Crippen LogP) is 3.78. The molecule has 3 aromatic rings. The minimum atomic E-state index is -0.524. The molecule has 7 nitrogen and oxygen atoms in total. The lowest BCUT2D eigenvalue weighted by molar-refractivity contribution is -0.116. The summed E-state index contributed by atoms with van der Waals surface area (Å²) in [4.78, 5) is 13.2. The van der Waals surface area contributed by atoms with Crippen LogP contribution in [0.15, 0.2) is 53.7 Å². The summed E-state index contributed by atoms with van der Waals surface area (Å²) in [7, 11) is 1.59. The molecular formula is C21H22FN5O2S. The van der Waals surface area contributed by atoms with Crippen LogP contribution in [-0.2, 0) is 11.2 Å². The Labute approximate surface area is 178 Å². The molecule has 1 aliphatic rings. The number of nitrogens with one attached hydrogen (secondary N) is 2. The molecule has 1 aromatic heterocycles. The largest absolute Gasteiger partial charge is 0.497 e. The fraction of sp³-hybridized carbons (Fsp3) is 0.286. The number of benzene rings is 2. The number of carbonyl (C=O) groups is 1. The molecule has 0 unspecified atom stereocenters. The molecule has 0 radical (unpaired) electrons. The molecule has 156 valence electrons.